The third kappa shape index (κ3) is 3.67. The van der Waals surface area contributed by atoms with Crippen LogP contribution in [0.1, 0.15) is 59.5 Å². The van der Waals surface area contributed by atoms with Crippen molar-refractivity contribution in [2.75, 3.05) is 19.6 Å². The number of halogens is 1. The lowest BCUT2D eigenvalue weighted by Gasteiger charge is -2.60. The van der Waals surface area contributed by atoms with E-state index in [0.29, 0.717) is 12.1 Å². The van der Waals surface area contributed by atoms with Gasteiger partial charge in [-0.3, -0.25) is 19.8 Å². The maximum Gasteiger partial charge on any atom is 0.269 e. The van der Waals surface area contributed by atoms with Crippen molar-refractivity contribution < 1.29 is 19.6 Å². The Bertz CT molecular complexity index is 1250. The molecule has 4 bridgehead atoms. The van der Waals surface area contributed by atoms with Crippen LogP contribution < -0.4 is 10.4 Å². The molecule has 2 aromatic rings. The Kier molecular flexibility index (Phi) is 5.78. The predicted octanol–water partition coefficient (Wildman–Crippen LogP) is 3.56. The number of nitrogens with zero attached hydrogens (tertiary/aromatic N) is 2. The molecule has 1 saturated carbocycles. The van der Waals surface area contributed by atoms with Gasteiger partial charge < -0.3 is 15.2 Å². The van der Waals surface area contributed by atoms with Crippen LogP contribution in [-0.4, -0.2) is 52.6 Å². The van der Waals surface area contributed by atoms with Crippen molar-refractivity contribution in [2.45, 2.75) is 61.7 Å². The second-order valence-corrected chi connectivity index (χ2v) is 11.5. The van der Waals surface area contributed by atoms with E-state index in [4.69, 9.17) is 4.74 Å². The monoisotopic (exact) mass is 524 g/mol. The van der Waals surface area contributed by atoms with Crippen LogP contribution in [-0.2, 0) is 11.2 Å². The fourth-order valence-corrected chi connectivity index (χ4v) is 8.03. The predicted molar refractivity (Wildman–Crippen MR) is 137 cm³/mol. The van der Waals surface area contributed by atoms with Gasteiger partial charge in [-0.1, -0.05) is 18.2 Å². The zero-order valence-corrected chi connectivity index (χ0v) is 21.4. The molecule has 2 aliphatic carbocycles. The van der Waals surface area contributed by atoms with E-state index in [1.807, 2.05) is 12.1 Å². The molecular weight excluding hydrogens is 494 g/mol. The molecule has 5 atom stereocenters. The van der Waals surface area contributed by atoms with Gasteiger partial charge in [-0.15, -0.1) is 18.2 Å². The number of non-ortho nitro benzene ring substituents is 1. The van der Waals surface area contributed by atoms with Gasteiger partial charge in [0.2, 0.25) is 0 Å². The quantitative estimate of drug-likeness (QED) is 0.457. The molecule has 5 aliphatic rings. The van der Waals surface area contributed by atoms with Crippen LogP contribution in [0.15, 0.2) is 42.5 Å². The highest BCUT2D eigenvalue weighted by Gasteiger charge is 2.73. The zero-order valence-electron chi connectivity index (χ0n) is 20.6. The molecular formula is C28H31ClN3O5-. The van der Waals surface area contributed by atoms with Crippen LogP contribution in [0.25, 0.3) is 0 Å². The summed E-state index contributed by atoms with van der Waals surface area (Å²) >= 11 is 0. The number of carbonyl (C=O) groups is 1. The minimum absolute atomic E-state index is 0. The minimum Gasteiger partial charge on any atom is -0.872 e. The van der Waals surface area contributed by atoms with E-state index >= 15 is 0 Å². The highest BCUT2D eigenvalue weighted by molar-refractivity contribution is 5.94. The highest BCUT2D eigenvalue weighted by Crippen LogP contribution is 2.66. The Balaban J connectivity index is 0.00000252. The molecule has 4 unspecified atom stereocenters. The Labute approximate surface area is 221 Å². The summed E-state index contributed by atoms with van der Waals surface area (Å²) in [7, 11) is 0. The summed E-state index contributed by atoms with van der Waals surface area (Å²) in [4.78, 5) is 26.3. The average Bonchev–Trinajstić information content (AvgIpc) is 3.52. The van der Waals surface area contributed by atoms with Crippen molar-refractivity contribution >= 4 is 24.0 Å². The number of nitro groups is 1. The fourth-order valence-electron chi connectivity index (χ4n) is 8.03. The van der Waals surface area contributed by atoms with Crippen molar-refractivity contribution in [1.82, 2.24) is 10.2 Å². The summed E-state index contributed by atoms with van der Waals surface area (Å²) in [5, 5.41) is 26.4. The molecule has 4 fully saturated rings. The number of nitro benzene ring substituents is 1. The van der Waals surface area contributed by atoms with Crippen molar-refractivity contribution in [3.8, 4) is 5.75 Å². The van der Waals surface area contributed by atoms with E-state index in [9.17, 15) is 20.0 Å². The molecule has 8 nitrogen and oxygen atoms in total. The molecule has 0 aromatic heterocycles. The van der Waals surface area contributed by atoms with Gasteiger partial charge in [0.1, 0.15) is 0 Å². The van der Waals surface area contributed by atoms with Crippen LogP contribution >= 0.6 is 12.4 Å². The van der Waals surface area contributed by atoms with Crippen molar-refractivity contribution in [1.29, 1.82) is 0 Å². The zero-order chi connectivity index (χ0) is 24.7. The molecule has 3 aliphatic heterocycles. The van der Waals surface area contributed by atoms with Gasteiger partial charge in [-0.2, -0.15) is 0 Å². The average molecular weight is 525 g/mol. The van der Waals surface area contributed by atoms with Gasteiger partial charge in [0.15, 0.2) is 0 Å². The largest absolute Gasteiger partial charge is 0.872 e. The fraction of sp³-hybridized carbons (Fsp3) is 0.536. The molecule has 2 aromatic carbocycles. The number of fused-ring (bicyclic) bond motifs is 4. The Hall–Kier alpha value is -2.68. The van der Waals surface area contributed by atoms with Crippen molar-refractivity contribution in [2.24, 2.45) is 11.8 Å². The van der Waals surface area contributed by atoms with E-state index in [2.05, 4.69) is 10.2 Å². The maximum atomic E-state index is 13.0. The Morgan fingerprint density at radius 1 is 1.14 bits per heavy atom. The Morgan fingerprint density at radius 2 is 1.92 bits per heavy atom. The first-order chi connectivity index (χ1) is 17.4. The molecule has 196 valence electrons. The number of benzene rings is 2. The number of carbonyl (C=O) groups excluding carboxylic acids is 1. The van der Waals surface area contributed by atoms with Gasteiger partial charge in [0.25, 0.3) is 11.6 Å². The molecule has 0 radical (unpaired) electrons. The molecule has 7 rings (SSSR count). The molecule has 9 heteroatoms. The van der Waals surface area contributed by atoms with Crippen molar-refractivity contribution in [3.63, 3.8) is 0 Å². The number of ether oxygens (including phenoxy) is 1. The number of hydrogen-bond acceptors (Lipinski definition) is 6. The van der Waals surface area contributed by atoms with E-state index in [-0.39, 0.29) is 53.2 Å². The number of rotatable bonds is 6. The summed E-state index contributed by atoms with van der Waals surface area (Å²) in [6.45, 7) is 2.56. The van der Waals surface area contributed by atoms with Crippen LogP contribution in [0.5, 0.6) is 5.75 Å². The van der Waals surface area contributed by atoms with E-state index in [0.717, 1.165) is 44.7 Å². The molecule has 3 heterocycles. The Morgan fingerprint density at radius 3 is 2.65 bits per heavy atom. The topological polar surface area (TPSA) is 108 Å². The third-order valence-electron chi connectivity index (χ3n) is 9.63. The summed E-state index contributed by atoms with van der Waals surface area (Å²) in [6, 6.07) is 11.3. The molecule has 37 heavy (non-hydrogen) atoms. The second kappa shape index (κ2) is 8.68. The lowest BCUT2D eigenvalue weighted by Crippen LogP contribution is -2.70. The van der Waals surface area contributed by atoms with Crippen LogP contribution in [0.3, 0.4) is 0 Å². The second-order valence-electron chi connectivity index (χ2n) is 11.5. The SMILES string of the molecule is Cl.O=C(NC[C@]12CCC(O1)C13Cc4ccc([O-])cc4C(CCN1CC1CC1)C32)c1ccc([N+](=O)[O-])cc1. The van der Waals surface area contributed by atoms with Gasteiger partial charge >= 0.3 is 0 Å². The normalized spacial score (nSPS) is 33.2. The van der Waals surface area contributed by atoms with E-state index in [1.165, 1.54) is 48.2 Å². The van der Waals surface area contributed by atoms with Crippen LogP contribution in [0.2, 0.25) is 0 Å². The first kappa shape index (κ1) is 24.6. The van der Waals surface area contributed by atoms with Crippen molar-refractivity contribution in [3.05, 3.63) is 69.3 Å². The lowest BCUT2D eigenvalue weighted by molar-refractivity contribution is -0.384. The number of likely N-dealkylation sites (tertiary alicyclic amines) is 1. The van der Waals surface area contributed by atoms with E-state index in [1.54, 1.807) is 6.07 Å². The maximum absolute atomic E-state index is 13.0. The number of piperidine rings is 1. The summed E-state index contributed by atoms with van der Waals surface area (Å²) < 4.78 is 6.92. The van der Waals surface area contributed by atoms with E-state index < -0.39 is 10.5 Å². The molecule has 0 spiro atoms. The van der Waals surface area contributed by atoms with Gasteiger partial charge in [-0.05, 0) is 80.2 Å². The minimum atomic E-state index is -0.468. The van der Waals surface area contributed by atoms with Crippen LogP contribution in [0.4, 0.5) is 5.69 Å². The summed E-state index contributed by atoms with van der Waals surface area (Å²) in [6.07, 6.45) is 6.51. The molecule has 3 saturated heterocycles. The van der Waals surface area contributed by atoms with Crippen LogP contribution in [0, 0.1) is 22.0 Å². The standard InChI is InChI=1S/C28H31N3O5.ClH/c32-21-8-5-19-14-28-24-9-11-27(36-24,16-29-26(33)18-3-6-20(7-4-18)31(34)35)25(28)22(23(19)13-21)10-12-30(28)15-17-1-2-17;/h3-8,13,17,22,24-25,32H,1-2,9-12,14-16H2,(H,29,33);1H/p-1/t22?,24?,25?,27-,28?;/m0./s1. The highest BCUT2D eigenvalue weighted by atomic mass is 35.5. The molecule has 1 amide bonds. The first-order valence-corrected chi connectivity index (χ1v) is 13.1. The van der Waals surface area contributed by atoms with Gasteiger partial charge in [-0.25, -0.2) is 0 Å². The lowest BCUT2D eigenvalue weighted by atomic mass is 9.52. The number of hydrogen-bond donors (Lipinski definition) is 1. The summed E-state index contributed by atoms with van der Waals surface area (Å²) in [5.74, 6) is 1.07. The third-order valence-corrected chi connectivity index (χ3v) is 9.63. The summed E-state index contributed by atoms with van der Waals surface area (Å²) in [5.41, 5.74) is 2.29. The number of nitrogens with one attached hydrogen (secondary N) is 1. The first-order valence-electron chi connectivity index (χ1n) is 13.1. The number of amides is 1. The van der Waals surface area contributed by atoms with Gasteiger partial charge in [0, 0.05) is 36.7 Å². The smallest absolute Gasteiger partial charge is 0.269 e. The van der Waals surface area contributed by atoms with Gasteiger partial charge in [0.05, 0.1) is 22.2 Å². The molecule has 1 N–H and O–H groups in total.